The summed E-state index contributed by atoms with van der Waals surface area (Å²) in [5.74, 6) is 0.902. The van der Waals surface area contributed by atoms with Gasteiger partial charge in [0.1, 0.15) is 5.01 Å². The molecule has 0 aliphatic heterocycles. The third kappa shape index (κ3) is 4.38. The van der Waals surface area contributed by atoms with Crippen LogP contribution in [0.15, 0.2) is 29.9 Å². The molecule has 1 atom stereocenters. The van der Waals surface area contributed by atoms with Crippen molar-refractivity contribution in [2.75, 3.05) is 0 Å². The van der Waals surface area contributed by atoms with Crippen LogP contribution >= 0.6 is 11.3 Å². The summed E-state index contributed by atoms with van der Waals surface area (Å²) in [6.45, 7) is 2.00. The summed E-state index contributed by atoms with van der Waals surface area (Å²) in [7, 11) is 0. The van der Waals surface area contributed by atoms with Gasteiger partial charge in [-0.3, -0.25) is 9.78 Å². The predicted molar refractivity (Wildman–Crippen MR) is 93.1 cm³/mol. The first kappa shape index (κ1) is 16.1. The van der Waals surface area contributed by atoms with Gasteiger partial charge < -0.3 is 5.32 Å². The minimum Gasteiger partial charge on any atom is -0.347 e. The number of amides is 1. The smallest absolute Gasteiger partial charge is 0.220 e. The SMILES string of the molecule is C[C@H](NC(=O)CCC1CCCC1)c1nc(-c2ccncc2)cs1. The predicted octanol–water partition coefficient (Wildman–Crippen LogP) is 4.35. The van der Waals surface area contributed by atoms with Crippen LogP contribution in [0.3, 0.4) is 0 Å². The molecule has 2 heterocycles. The van der Waals surface area contributed by atoms with Crippen molar-refractivity contribution in [2.24, 2.45) is 5.92 Å². The van der Waals surface area contributed by atoms with E-state index in [1.54, 1.807) is 23.7 Å². The van der Waals surface area contributed by atoms with E-state index in [1.807, 2.05) is 24.4 Å². The largest absolute Gasteiger partial charge is 0.347 e. The minimum atomic E-state index is -0.0355. The number of aromatic nitrogens is 2. The van der Waals surface area contributed by atoms with Crippen molar-refractivity contribution in [2.45, 2.75) is 51.5 Å². The van der Waals surface area contributed by atoms with Crippen LogP contribution in [0.1, 0.15) is 56.5 Å². The number of hydrogen-bond acceptors (Lipinski definition) is 4. The number of nitrogens with one attached hydrogen (secondary N) is 1. The third-order valence-electron chi connectivity index (χ3n) is 4.50. The molecule has 0 aromatic carbocycles. The van der Waals surface area contributed by atoms with Crippen LogP contribution in [0.2, 0.25) is 0 Å². The standard InChI is InChI=1S/C18H23N3OS/c1-13(20-17(22)7-6-14-4-2-3-5-14)18-21-16(12-23-18)15-8-10-19-11-9-15/h8-14H,2-7H2,1H3,(H,20,22)/t13-/m0/s1. The average Bonchev–Trinajstić information content (AvgIpc) is 3.25. The maximum atomic E-state index is 12.1. The topological polar surface area (TPSA) is 54.9 Å². The maximum absolute atomic E-state index is 12.1. The Morgan fingerprint density at radius 1 is 1.35 bits per heavy atom. The molecule has 0 saturated heterocycles. The molecule has 0 radical (unpaired) electrons. The Morgan fingerprint density at radius 3 is 2.83 bits per heavy atom. The summed E-state index contributed by atoms with van der Waals surface area (Å²) in [6.07, 6.45) is 10.5. The lowest BCUT2D eigenvalue weighted by Gasteiger charge is -2.13. The summed E-state index contributed by atoms with van der Waals surface area (Å²) in [5, 5.41) is 6.07. The average molecular weight is 329 g/mol. The third-order valence-corrected chi connectivity index (χ3v) is 5.53. The summed E-state index contributed by atoms with van der Waals surface area (Å²) in [4.78, 5) is 20.8. The quantitative estimate of drug-likeness (QED) is 0.857. The summed E-state index contributed by atoms with van der Waals surface area (Å²) < 4.78 is 0. The Labute approximate surface area is 141 Å². The van der Waals surface area contributed by atoms with Crippen LogP contribution in [0, 0.1) is 5.92 Å². The van der Waals surface area contributed by atoms with Crippen LogP contribution in [-0.4, -0.2) is 15.9 Å². The second kappa shape index (κ2) is 7.68. The van der Waals surface area contributed by atoms with Crippen molar-refractivity contribution in [3.8, 4) is 11.3 Å². The van der Waals surface area contributed by atoms with Gasteiger partial charge in [-0.25, -0.2) is 4.98 Å². The lowest BCUT2D eigenvalue weighted by Crippen LogP contribution is -2.26. The van der Waals surface area contributed by atoms with Crippen molar-refractivity contribution < 1.29 is 4.79 Å². The number of nitrogens with zero attached hydrogens (tertiary/aromatic N) is 2. The zero-order valence-electron chi connectivity index (χ0n) is 13.5. The van der Waals surface area contributed by atoms with Gasteiger partial charge in [0.05, 0.1) is 11.7 Å². The molecule has 0 bridgehead atoms. The van der Waals surface area contributed by atoms with Gasteiger partial charge in [0.25, 0.3) is 0 Å². The zero-order chi connectivity index (χ0) is 16.1. The van der Waals surface area contributed by atoms with E-state index in [1.165, 1.54) is 25.7 Å². The molecule has 122 valence electrons. The van der Waals surface area contributed by atoms with E-state index in [2.05, 4.69) is 15.3 Å². The lowest BCUT2D eigenvalue weighted by atomic mass is 10.0. The number of carbonyl (C=O) groups is 1. The molecule has 1 N–H and O–H groups in total. The zero-order valence-corrected chi connectivity index (χ0v) is 14.3. The van der Waals surface area contributed by atoms with Crippen LogP contribution in [0.25, 0.3) is 11.3 Å². The maximum Gasteiger partial charge on any atom is 0.220 e. The van der Waals surface area contributed by atoms with Crippen molar-refractivity contribution in [1.29, 1.82) is 0 Å². The first-order chi connectivity index (χ1) is 11.2. The van der Waals surface area contributed by atoms with Crippen molar-refractivity contribution in [3.05, 3.63) is 34.9 Å². The molecule has 1 fully saturated rings. The highest BCUT2D eigenvalue weighted by Gasteiger charge is 2.18. The molecule has 0 unspecified atom stereocenters. The lowest BCUT2D eigenvalue weighted by molar-refractivity contribution is -0.122. The van der Waals surface area contributed by atoms with E-state index in [-0.39, 0.29) is 11.9 Å². The fraction of sp³-hybridized carbons (Fsp3) is 0.500. The summed E-state index contributed by atoms with van der Waals surface area (Å²) in [6, 6.07) is 3.86. The highest BCUT2D eigenvalue weighted by molar-refractivity contribution is 7.10. The molecule has 4 nitrogen and oxygen atoms in total. The van der Waals surface area contributed by atoms with Gasteiger partial charge in [-0.15, -0.1) is 11.3 Å². The van der Waals surface area contributed by atoms with Gasteiger partial charge >= 0.3 is 0 Å². The molecule has 1 aliphatic carbocycles. The molecule has 23 heavy (non-hydrogen) atoms. The number of pyridine rings is 1. The van der Waals surface area contributed by atoms with Gasteiger partial charge in [-0.2, -0.15) is 0 Å². The first-order valence-corrected chi connectivity index (χ1v) is 9.25. The number of thiazole rings is 1. The van der Waals surface area contributed by atoms with E-state index in [0.29, 0.717) is 6.42 Å². The van der Waals surface area contributed by atoms with Crippen LogP contribution in [0.5, 0.6) is 0 Å². The van der Waals surface area contributed by atoms with E-state index in [4.69, 9.17) is 0 Å². The van der Waals surface area contributed by atoms with E-state index in [9.17, 15) is 4.79 Å². The van der Waals surface area contributed by atoms with Crippen molar-refractivity contribution in [1.82, 2.24) is 15.3 Å². The Balaban J connectivity index is 1.52. The fourth-order valence-electron chi connectivity index (χ4n) is 3.15. The van der Waals surface area contributed by atoms with Crippen molar-refractivity contribution in [3.63, 3.8) is 0 Å². The second-order valence-electron chi connectivity index (χ2n) is 6.29. The molecule has 2 aromatic rings. The molecule has 1 saturated carbocycles. The van der Waals surface area contributed by atoms with Crippen LogP contribution in [-0.2, 0) is 4.79 Å². The van der Waals surface area contributed by atoms with Crippen molar-refractivity contribution >= 4 is 17.2 Å². The molecule has 2 aromatic heterocycles. The molecule has 0 spiro atoms. The van der Waals surface area contributed by atoms with Gasteiger partial charge in [0.15, 0.2) is 0 Å². The number of rotatable bonds is 6. The van der Waals surface area contributed by atoms with E-state index in [0.717, 1.165) is 28.6 Å². The Bertz CT molecular complexity index is 635. The van der Waals surface area contributed by atoms with Gasteiger partial charge in [0, 0.05) is 29.8 Å². The molecule has 3 rings (SSSR count). The highest BCUT2D eigenvalue weighted by Crippen LogP contribution is 2.29. The Hall–Kier alpha value is -1.75. The van der Waals surface area contributed by atoms with Gasteiger partial charge in [-0.05, 0) is 31.4 Å². The molecule has 1 amide bonds. The fourth-order valence-corrected chi connectivity index (χ4v) is 3.99. The van der Waals surface area contributed by atoms with Gasteiger partial charge in [-0.1, -0.05) is 25.7 Å². The van der Waals surface area contributed by atoms with E-state index >= 15 is 0 Å². The molecule has 5 heteroatoms. The number of hydrogen-bond donors (Lipinski definition) is 1. The minimum absolute atomic E-state index is 0.0355. The van der Waals surface area contributed by atoms with E-state index < -0.39 is 0 Å². The van der Waals surface area contributed by atoms with Crippen LogP contribution < -0.4 is 5.32 Å². The van der Waals surface area contributed by atoms with Crippen LogP contribution in [0.4, 0.5) is 0 Å². The molecular weight excluding hydrogens is 306 g/mol. The molecular formula is C18H23N3OS. The van der Waals surface area contributed by atoms with Gasteiger partial charge in [0.2, 0.25) is 5.91 Å². The summed E-state index contributed by atoms with van der Waals surface area (Å²) in [5.41, 5.74) is 2.00. The first-order valence-electron chi connectivity index (χ1n) is 8.37. The molecule has 1 aliphatic rings. The highest BCUT2D eigenvalue weighted by atomic mass is 32.1. The second-order valence-corrected chi connectivity index (χ2v) is 7.17. The monoisotopic (exact) mass is 329 g/mol. The Kier molecular flexibility index (Phi) is 5.39. The normalized spacial score (nSPS) is 16.4. The number of carbonyl (C=O) groups excluding carboxylic acids is 1. The summed E-state index contributed by atoms with van der Waals surface area (Å²) >= 11 is 1.59. The Morgan fingerprint density at radius 2 is 2.09 bits per heavy atom.